The Morgan fingerprint density at radius 1 is 1.21 bits per heavy atom. The fraction of sp³-hybridized carbons (Fsp3) is 0. The lowest BCUT2D eigenvalue weighted by Gasteiger charge is -2.04. The zero-order valence-electron chi connectivity index (χ0n) is 9.45. The van der Waals surface area contributed by atoms with Crippen molar-refractivity contribution in [3.8, 4) is 0 Å². The molecule has 0 aliphatic carbocycles. The highest BCUT2D eigenvalue weighted by molar-refractivity contribution is 14.1. The van der Waals surface area contributed by atoms with Gasteiger partial charge >= 0.3 is 0 Å². The third kappa shape index (κ3) is 2.90. The summed E-state index contributed by atoms with van der Waals surface area (Å²) < 4.78 is 16.0. The monoisotopic (exact) mass is 448 g/mol. The number of anilines is 2. The zero-order chi connectivity index (χ0) is 13.4. The van der Waals surface area contributed by atoms with Crippen LogP contribution in [0.5, 0.6) is 0 Å². The van der Waals surface area contributed by atoms with Gasteiger partial charge in [0.15, 0.2) is 5.13 Å². The van der Waals surface area contributed by atoms with Crippen molar-refractivity contribution in [2.45, 2.75) is 0 Å². The van der Waals surface area contributed by atoms with Crippen molar-refractivity contribution in [3.63, 3.8) is 0 Å². The fourth-order valence-corrected chi connectivity index (χ4v) is 3.48. The van der Waals surface area contributed by atoms with E-state index in [-0.39, 0.29) is 5.82 Å². The molecule has 0 aliphatic heterocycles. The molecule has 0 fully saturated rings. The van der Waals surface area contributed by atoms with Crippen LogP contribution in [0.1, 0.15) is 0 Å². The van der Waals surface area contributed by atoms with E-state index in [1.807, 2.05) is 18.2 Å². The quantitative estimate of drug-likeness (QED) is 0.520. The lowest BCUT2D eigenvalue weighted by atomic mass is 10.3. The summed E-state index contributed by atoms with van der Waals surface area (Å²) >= 11 is 7.11. The third-order valence-electron chi connectivity index (χ3n) is 2.52. The van der Waals surface area contributed by atoms with Crippen LogP contribution in [-0.2, 0) is 0 Å². The van der Waals surface area contributed by atoms with Crippen LogP contribution in [0.3, 0.4) is 0 Å². The van der Waals surface area contributed by atoms with Crippen LogP contribution in [0.25, 0.3) is 10.2 Å². The number of fused-ring (bicyclic) bond motifs is 1. The van der Waals surface area contributed by atoms with Crippen molar-refractivity contribution >= 4 is 70.9 Å². The van der Waals surface area contributed by atoms with Gasteiger partial charge in [-0.3, -0.25) is 0 Å². The van der Waals surface area contributed by atoms with Gasteiger partial charge in [-0.2, -0.15) is 0 Å². The molecule has 96 valence electrons. The molecule has 0 unspecified atom stereocenters. The topological polar surface area (TPSA) is 24.9 Å². The number of thiazole rings is 1. The summed E-state index contributed by atoms with van der Waals surface area (Å²) in [7, 11) is 0. The van der Waals surface area contributed by atoms with Gasteiger partial charge in [0.1, 0.15) is 5.82 Å². The average Bonchev–Trinajstić information content (AvgIpc) is 2.74. The Morgan fingerprint density at radius 3 is 2.84 bits per heavy atom. The largest absolute Gasteiger partial charge is 0.331 e. The van der Waals surface area contributed by atoms with E-state index in [4.69, 9.17) is 0 Å². The molecule has 0 saturated carbocycles. The van der Waals surface area contributed by atoms with Gasteiger partial charge in [-0.05, 0) is 59.0 Å². The first-order valence-corrected chi connectivity index (χ1v) is 8.09. The molecule has 0 atom stereocenters. The van der Waals surface area contributed by atoms with E-state index < -0.39 is 0 Å². The maximum absolute atomic E-state index is 13.0. The van der Waals surface area contributed by atoms with E-state index >= 15 is 0 Å². The Bertz CT molecular complexity index is 759. The van der Waals surface area contributed by atoms with Crippen LogP contribution < -0.4 is 5.32 Å². The Morgan fingerprint density at radius 2 is 2.05 bits per heavy atom. The highest BCUT2D eigenvalue weighted by atomic mass is 127. The predicted molar refractivity (Wildman–Crippen MR) is 89.7 cm³/mol. The van der Waals surface area contributed by atoms with Crippen LogP contribution in [0.4, 0.5) is 15.2 Å². The van der Waals surface area contributed by atoms with E-state index in [9.17, 15) is 4.39 Å². The molecule has 0 saturated heterocycles. The lowest BCUT2D eigenvalue weighted by molar-refractivity contribution is 0.627. The first-order chi connectivity index (χ1) is 9.11. The molecular weight excluding hydrogens is 442 g/mol. The number of nitrogens with one attached hydrogen (secondary N) is 1. The number of benzene rings is 2. The molecule has 1 aromatic heterocycles. The first-order valence-electron chi connectivity index (χ1n) is 5.40. The highest BCUT2D eigenvalue weighted by Crippen LogP contribution is 2.31. The molecule has 6 heteroatoms. The van der Waals surface area contributed by atoms with Crippen LogP contribution in [0.2, 0.25) is 0 Å². The molecule has 1 N–H and O–H groups in total. The molecule has 0 bridgehead atoms. The summed E-state index contributed by atoms with van der Waals surface area (Å²) in [6.45, 7) is 0. The number of rotatable bonds is 2. The summed E-state index contributed by atoms with van der Waals surface area (Å²) in [5, 5.41) is 4.03. The molecule has 0 aliphatic rings. The van der Waals surface area contributed by atoms with Crippen molar-refractivity contribution in [2.75, 3.05) is 5.32 Å². The summed E-state index contributed by atoms with van der Waals surface area (Å²) in [6, 6.07) is 10.6. The standard InChI is InChI=1S/C13H7BrFIN2S/c14-7-1-4-12-11(5-7)18-13(19-12)17-10-3-2-8(15)6-9(10)16/h1-6H,(H,17,18). The van der Waals surface area contributed by atoms with Gasteiger partial charge < -0.3 is 5.32 Å². The van der Waals surface area contributed by atoms with Gasteiger partial charge in [0.25, 0.3) is 0 Å². The SMILES string of the molecule is Fc1ccc(Nc2nc3cc(Br)ccc3s2)c(I)c1. The van der Waals surface area contributed by atoms with Crippen molar-refractivity contribution in [1.29, 1.82) is 0 Å². The highest BCUT2D eigenvalue weighted by Gasteiger charge is 2.07. The molecular formula is C13H7BrFIN2S. The molecule has 3 aromatic rings. The van der Waals surface area contributed by atoms with Gasteiger partial charge in [-0.15, -0.1) is 0 Å². The molecule has 1 heterocycles. The molecule has 19 heavy (non-hydrogen) atoms. The number of aromatic nitrogens is 1. The van der Waals surface area contributed by atoms with Gasteiger partial charge in [0.05, 0.1) is 15.9 Å². The average molecular weight is 449 g/mol. The summed E-state index contributed by atoms with van der Waals surface area (Å²) in [5.74, 6) is -0.233. The molecule has 0 amide bonds. The van der Waals surface area contributed by atoms with Crippen LogP contribution in [0.15, 0.2) is 40.9 Å². The van der Waals surface area contributed by atoms with Crippen LogP contribution >= 0.6 is 49.9 Å². The van der Waals surface area contributed by atoms with E-state index in [1.54, 1.807) is 17.4 Å². The minimum atomic E-state index is -0.233. The minimum Gasteiger partial charge on any atom is -0.331 e. The first kappa shape index (κ1) is 13.3. The van der Waals surface area contributed by atoms with E-state index in [2.05, 4.69) is 48.8 Å². The predicted octanol–water partition coefficient (Wildman–Crippen LogP) is 5.55. The Kier molecular flexibility index (Phi) is 3.72. The number of hydrogen-bond donors (Lipinski definition) is 1. The minimum absolute atomic E-state index is 0.233. The van der Waals surface area contributed by atoms with Crippen molar-refractivity contribution < 1.29 is 4.39 Å². The smallest absolute Gasteiger partial charge is 0.188 e. The Hall–Kier alpha value is -0.730. The van der Waals surface area contributed by atoms with Crippen molar-refractivity contribution in [3.05, 3.63) is 50.3 Å². The zero-order valence-corrected chi connectivity index (χ0v) is 14.0. The Labute approximate surface area is 135 Å². The van der Waals surface area contributed by atoms with Gasteiger partial charge in [0, 0.05) is 8.04 Å². The van der Waals surface area contributed by atoms with Crippen molar-refractivity contribution in [1.82, 2.24) is 4.98 Å². The van der Waals surface area contributed by atoms with E-state index in [0.717, 1.165) is 29.1 Å². The Balaban J connectivity index is 1.96. The summed E-state index contributed by atoms with van der Waals surface area (Å²) in [4.78, 5) is 4.51. The van der Waals surface area contributed by atoms with Crippen LogP contribution in [0, 0.1) is 9.39 Å². The lowest BCUT2D eigenvalue weighted by Crippen LogP contribution is -1.92. The maximum atomic E-state index is 13.0. The summed E-state index contributed by atoms with van der Waals surface area (Å²) in [5.41, 5.74) is 1.80. The van der Waals surface area contributed by atoms with Gasteiger partial charge in [-0.25, -0.2) is 9.37 Å². The molecule has 0 radical (unpaired) electrons. The molecule has 2 nitrogen and oxygen atoms in total. The third-order valence-corrected chi connectivity index (χ3v) is 4.86. The number of halogens is 3. The summed E-state index contributed by atoms with van der Waals surface area (Å²) in [6.07, 6.45) is 0. The van der Waals surface area contributed by atoms with Gasteiger partial charge in [-0.1, -0.05) is 27.3 Å². The van der Waals surface area contributed by atoms with Crippen molar-refractivity contribution in [2.24, 2.45) is 0 Å². The maximum Gasteiger partial charge on any atom is 0.188 e. The second-order valence-corrected chi connectivity index (χ2v) is 6.99. The van der Waals surface area contributed by atoms with E-state index in [1.165, 1.54) is 12.1 Å². The second kappa shape index (κ2) is 5.34. The molecule has 0 spiro atoms. The normalized spacial score (nSPS) is 10.9. The van der Waals surface area contributed by atoms with Gasteiger partial charge in [0.2, 0.25) is 0 Å². The fourth-order valence-electron chi connectivity index (χ4n) is 1.66. The molecule has 2 aromatic carbocycles. The van der Waals surface area contributed by atoms with Crippen LogP contribution in [-0.4, -0.2) is 4.98 Å². The number of hydrogen-bond acceptors (Lipinski definition) is 3. The number of nitrogens with zero attached hydrogens (tertiary/aromatic N) is 1. The molecule has 3 rings (SSSR count). The second-order valence-electron chi connectivity index (χ2n) is 3.88. The van der Waals surface area contributed by atoms with E-state index in [0.29, 0.717) is 0 Å².